The van der Waals surface area contributed by atoms with Crippen molar-refractivity contribution < 1.29 is 0 Å². The Bertz CT molecular complexity index is 410. The lowest BCUT2D eigenvalue weighted by Crippen LogP contribution is -2.43. The summed E-state index contributed by atoms with van der Waals surface area (Å²) >= 11 is 0. The number of piperidine rings is 1. The van der Waals surface area contributed by atoms with Gasteiger partial charge in [-0.25, -0.2) is 4.68 Å². The fourth-order valence-corrected chi connectivity index (χ4v) is 3.19. The molecule has 2 aliphatic heterocycles. The van der Waals surface area contributed by atoms with E-state index in [0.717, 1.165) is 31.9 Å². The standard InChI is InChI=1S/C11H21N7/c12-11-16-15-10(18(11)13)9-2-1-7-17(9)8-3-5-14-6-4-8/h8-9,14H,1-7,13H2,(H2,12,16). The first-order valence-corrected chi connectivity index (χ1v) is 6.69. The van der Waals surface area contributed by atoms with Crippen molar-refractivity contribution in [3.8, 4) is 0 Å². The van der Waals surface area contributed by atoms with E-state index in [1.807, 2.05) is 0 Å². The van der Waals surface area contributed by atoms with Crippen LogP contribution >= 0.6 is 0 Å². The Morgan fingerprint density at radius 1 is 1.17 bits per heavy atom. The SMILES string of the molecule is Nc1nnc(C2CCCN2C2CCNCC2)n1N. The molecule has 1 atom stereocenters. The lowest BCUT2D eigenvalue weighted by atomic mass is 10.0. The van der Waals surface area contributed by atoms with Gasteiger partial charge in [-0.1, -0.05) is 0 Å². The van der Waals surface area contributed by atoms with Gasteiger partial charge in [0, 0.05) is 6.04 Å². The molecule has 5 N–H and O–H groups in total. The number of hydrogen-bond donors (Lipinski definition) is 3. The lowest BCUT2D eigenvalue weighted by molar-refractivity contribution is 0.142. The van der Waals surface area contributed by atoms with Crippen molar-refractivity contribution in [1.82, 2.24) is 25.1 Å². The van der Waals surface area contributed by atoms with Crippen LogP contribution in [-0.2, 0) is 0 Å². The third-order valence-electron chi connectivity index (χ3n) is 4.12. The smallest absolute Gasteiger partial charge is 0.240 e. The second-order valence-corrected chi connectivity index (χ2v) is 5.16. The Kier molecular flexibility index (Phi) is 3.09. The highest BCUT2D eigenvalue weighted by molar-refractivity contribution is 5.19. The van der Waals surface area contributed by atoms with Gasteiger partial charge >= 0.3 is 0 Å². The molecule has 100 valence electrons. The van der Waals surface area contributed by atoms with Crippen LogP contribution in [0, 0.1) is 0 Å². The number of likely N-dealkylation sites (tertiary alicyclic amines) is 1. The summed E-state index contributed by atoms with van der Waals surface area (Å²) in [5.41, 5.74) is 5.67. The largest absolute Gasteiger partial charge is 0.366 e. The number of rotatable bonds is 2. The Morgan fingerprint density at radius 3 is 2.61 bits per heavy atom. The molecule has 0 spiro atoms. The molecule has 1 aromatic rings. The molecule has 1 unspecified atom stereocenters. The minimum absolute atomic E-state index is 0.280. The van der Waals surface area contributed by atoms with Crippen molar-refractivity contribution in [2.24, 2.45) is 0 Å². The van der Waals surface area contributed by atoms with Crippen LogP contribution < -0.4 is 16.9 Å². The first-order chi connectivity index (χ1) is 8.77. The van der Waals surface area contributed by atoms with E-state index >= 15 is 0 Å². The minimum Gasteiger partial charge on any atom is -0.366 e. The van der Waals surface area contributed by atoms with E-state index < -0.39 is 0 Å². The summed E-state index contributed by atoms with van der Waals surface area (Å²) in [5.74, 6) is 7.00. The summed E-state index contributed by atoms with van der Waals surface area (Å²) in [6, 6.07) is 0.916. The number of hydrogen-bond acceptors (Lipinski definition) is 6. The number of aromatic nitrogens is 3. The molecule has 1 aromatic heterocycles. The van der Waals surface area contributed by atoms with Gasteiger partial charge in [0.25, 0.3) is 0 Å². The topological polar surface area (TPSA) is 98.0 Å². The van der Waals surface area contributed by atoms with Gasteiger partial charge in [0.2, 0.25) is 5.95 Å². The van der Waals surface area contributed by atoms with Gasteiger partial charge in [-0.3, -0.25) is 4.90 Å². The first-order valence-electron chi connectivity index (χ1n) is 6.69. The van der Waals surface area contributed by atoms with E-state index in [1.165, 1.54) is 23.9 Å². The van der Waals surface area contributed by atoms with Gasteiger partial charge in [0.1, 0.15) is 0 Å². The lowest BCUT2D eigenvalue weighted by Gasteiger charge is -2.35. The van der Waals surface area contributed by atoms with Crippen LogP contribution in [0.1, 0.15) is 37.5 Å². The van der Waals surface area contributed by atoms with E-state index in [1.54, 1.807) is 0 Å². The monoisotopic (exact) mass is 251 g/mol. The Morgan fingerprint density at radius 2 is 1.94 bits per heavy atom. The van der Waals surface area contributed by atoms with Crippen molar-refractivity contribution >= 4 is 5.95 Å². The number of anilines is 1. The van der Waals surface area contributed by atoms with Crippen molar-refractivity contribution in [2.75, 3.05) is 31.2 Å². The van der Waals surface area contributed by atoms with Gasteiger partial charge in [-0.15, -0.1) is 10.2 Å². The Labute approximate surface area is 106 Å². The number of nitrogens with zero attached hydrogens (tertiary/aromatic N) is 4. The summed E-state index contributed by atoms with van der Waals surface area (Å²) in [7, 11) is 0. The maximum absolute atomic E-state index is 5.90. The van der Waals surface area contributed by atoms with Crippen molar-refractivity contribution in [3.63, 3.8) is 0 Å². The molecule has 2 fully saturated rings. The van der Waals surface area contributed by atoms with Gasteiger partial charge in [-0.2, -0.15) is 0 Å². The molecule has 0 saturated carbocycles. The van der Waals surface area contributed by atoms with E-state index in [2.05, 4.69) is 20.4 Å². The van der Waals surface area contributed by atoms with Gasteiger partial charge in [-0.05, 0) is 45.3 Å². The quantitative estimate of drug-likeness (QED) is 0.611. The van der Waals surface area contributed by atoms with E-state index in [0.29, 0.717) is 12.0 Å². The maximum Gasteiger partial charge on any atom is 0.240 e. The van der Waals surface area contributed by atoms with Crippen molar-refractivity contribution in [1.29, 1.82) is 0 Å². The second-order valence-electron chi connectivity index (χ2n) is 5.16. The van der Waals surface area contributed by atoms with Crippen LogP contribution in [0.15, 0.2) is 0 Å². The third kappa shape index (κ3) is 1.93. The zero-order valence-corrected chi connectivity index (χ0v) is 10.5. The predicted molar refractivity (Wildman–Crippen MR) is 69.2 cm³/mol. The van der Waals surface area contributed by atoms with E-state index in [-0.39, 0.29) is 6.04 Å². The number of nitrogen functional groups attached to an aromatic ring is 2. The second kappa shape index (κ2) is 4.74. The Balaban J connectivity index is 1.80. The van der Waals surface area contributed by atoms with Crippen molar-refractivity contribution in [2.45, 2.75) is 37.8 Å². The molecule has 0 aliphatic carbocycles. The van der Waals surface area contributed by atoms with E-state index in [9.17, 15) is 0 Å². The fourth-order valence-electron chi connectivity index (χ4n) is 3.19. The number of nitrogens with two attached hydrogens (primary N) is 2. The van der Waals surface area contributed by atoms with Crippen molar-refractivity contribution in [3.05, 3.63) is 5.82 Å². The highest BCUT2D eigenvalue weighted by Gasteiger charge is 2.35. The van der Waals surface area contributed by atoms with E-state index in [4.69, 9.17) is 11.6 Å². The van der Waals surface area contributed by atoms with Gasteiger partial charge < -0.3 is 16.9 Å². The zero-order chi connectivity index (χ0) is 12.5. The van der Waals surface area contributed by atoms with Crippen LogP contribution in [0.2, 0.25) is 0 Å². The molecule has 0 radical (unpaired) electrons. The molecule has 0 aromatic carbocycles. The van der Waals surface area contributed by atoms with Crippen LogP contribution in [0.5, 0.6) is 0 Å². The first kappa shape index (κ1) is 11.7. The summed E-state index contributed by atoms with van der Waals surface area (Å²) < 4.78 is 1.43. The molecule has 0 bridgehead atoms. The summed E-state index contributed by atoms with van der Waals surface area (Å²) in [5, 5.41) is 11.4. The average molecular weight is 251 g/mol. The summed E-state index contributed by atoms with van der Waals surface area (Å²) in [4.78, 5) is 2.54. The molecule has 18 heavy (non-hydrogen) atoms. The Hall–Kier alpha value is -1.34. The molecule has 0 amide bonds. The predicted octanol–water partition coefficient (Wildman–Crippen LogP) is -0.537. The van der Waals surface area contributed by atoms with Gasteiger partial charge in [0.05, 0.1) is 6.04 Å². The minimum atomic E-state index is 0.280. The van der Waals surface area contributed by atoms with Crippen LogP contribution in [-0.4, -0.2) is 45.4 Å². The molecule has 7 heteroatoms. The highest BCUT2D eigenvalue weighted by atomic mass is 15.5. The molecule has 7 nitrogen and oxygen atoms in total. The van der Waals surface area contributed by atoms with Crippen LogP contribution in [0.3, 0.4) is 0 Å². The van der Waals surface area contributed by atoms with Crippen LogP contribution in [0.4, 0.5) is 5.95 Å². The third-order valence-corrected chi connectivity index (χ3v) is 4.12. The molecule has 3 rings (SSSR count). The molecular formula is C11H21N7. The summed E-state index contributed by atoms with van der Waals surface area (Å²) in [6.07, 6.45) is 4.69. The molecule has 2 saturated heterocycles. The zero-order valence-electron chi connectivity index (χ0n) is 10.5. The molecular weight excluding hydrogens is 230 g/mol. The van der Waals surface area contributed by atoms with Gasteiger partial charge in [0.15, 0.2) is 5.82 Å². The molecule has 2 aliphatic rings. The highest BCUT2D eigenvalue weighted by Crippen LogP contribution is 2.34. The average Bonchev–Trinajstić information content (AvgIpc) is 2.99. The maximum atomic E-state index is 5.90. The van der Waals surface area contributed by atoms with Crippen LogP contribution in [0.25, 0.3) is 0 Å². The fraction of sp³-hybridized carbons (Fsp3) is 0.818. The number of nitrogens with one attached hydrogen (secondary N) is 1. The normalized spacial score (nSPS) is 26.8. The molecule has 3 heterocycles. The summed E-state index contributed by atoms with van der Waals surface area (Å²) in [6.45, 7) is 3.33.